The molecular weight excluding hydrogens is 244 g/mol. The minimum atomic E-state index is -1.26. The molecule has 0 fully saturated rings. The van der Waals surface area contributed by atoms with Crippen molar-refractivity contribution >= 4 is 11.9 Å². The molecule has 4 heteroatoms. The van der Waals surface area contributed by atoms with Crippen molar-refractivity contribution < 1.29 is 19.1 Å². The molecule has 0 aliphatic carbocycles. The molecule has 0 aromatic carbocycles. The van der Waals surface area contributed by atoms with Crippen molar-refractivity contribution in [2.24, 2.45) is 16.7 Å². The first-order chi connectivity index (χ1) is 8.69. The molecule has 0 rings (SSSR count). The first-order valence-electron chi connectivity index (χ1n) is 7.04. The molecule has 112 valence electrons. The van der Waals surface area contributed by atoms with E-state index in [4.69, 9.17) is 9.47 Å². The Hall–Kier alpha value is -1.06. The summed E-state index contributed by atoms with van der Waals surface area (Å²) in [5, 5.41) is 0. The highest BCUT2D eigenvalue weighted by Crippen LogP contribution is 2.48. The largest absolute Gasteiger partial charge is 0.465 e. The van der Waals surface area contributed by atoms with Crippen molar-refractivity contribution in [1.82, 2.24) is 0 Å². The number of ether oxygens (including phenoxy) is 2. The molecule has 0 spiro atoms. The molecular formula is C15H28O4. The van der Waals surface area contributed by atoms with Crippen molar-refractivity contribution in [2.45, 2.75) is 54.9 Å². The van der Waals surface area contributed by atoms with Gasteiger partial charge < -0.3 is 9.47 Å². The van der Waals surface area contributed by atoms with Crippen LogP contribution in [-0.2, 0) is 19.1 Å². The molecule has 0 aromatic rings. The Kier molecular flexibility index (Phi) is 6.53. The second-order valence-corrected chi connectivity index (χ2v) is 5.81. The summed E-state index contributed by atoms with van der Waals surface area (Å²) in [6, 6.07) is 0. The highest BCUT2D eigenvalue weighted by molar-refractivity contribution is 6.01. The lowest BCUT2D eigenvalue weighted by molar-refractivity contribution is -0.187. The lowest BCUT2D eigenvalue weighted by Gasteiger charge is -2.43. The van der Waals surface area contributed by atoms with Gasteiger partial charge in [-0.05, 0) is 25.2 Å². The topological polar surface area (TPSA) is 52.6 Å². The van der Waals surface area contributed by atoms with Crippen LogP contribution < -0.4 is 0 Å². The molecule has 0 aliphatic heterocycles. The van der Waals surface area contributed by atoms with E-state index >= 15 is 0 Å². The van der Waals surface area contributed by atoms with E-state index in [-0.39, 0.29) is 19.1 Å². The van der Waals surface area contributed by atoms with E-state index in [9.17, 15) is 9.59 Å². The van der Waals surface area contributed by atoms with Crippen LogP contribution in [0.2, 0.25) is 0 Å². The van der Waals surface area contributed by atoms with Gasteiger partial charge in [-0.3, -0.25) is 9.59 Å². The molecule has 1 atom stereocenters. The maximum atomic E-state index is 12.5. The fourth-order valence-electron chi connectivity index (χ4n) is 2.63. The quantitative estimate of drug-likeness (QED) is 0.550. The SMILES string of the molecule is CCOC(=O)C(C(=O)OCC)(C(C)CC)C(C)(C)C. The van der Waals surface area contributed by atoms with E-state index in [2.05, 4.69) is 0 Å². The first-order valence-corrected chi connectivity index (χ1v) is 7.04. The van der Waals surface area contributed by atoms with Crippen molar-refractivity contribution in [1.29, 1.82) is 0 Å². The Bertz CT molecular complexity index is 297. The maximum Gasteiger partial charge on any atom is 0.324 e. The van der Waals surface area contributed by atoms with E-state index in [1.165, 1.54) is 0 Å². The molecule has 0 heterocycles. The van der Waals surface area contributed by atoms with Gasteiger partial charge in [-0.1, -0.05) is 41.0 Å². The predicted octanol–water partition coefficient (Wildman–Crippen LogP) is 3.19. The van der Waals surface area contributed by atoms with E-state index < -0.39 is 22.8 Å². The third-order valence-corrected chi connectivity index (χ3v) is 3.73. The molecule has 0 radical (unpaired) electrons. The van der Waals surface area contributed by atoms with Crippen LogP contribution in [0.4, 0.5) is 0 Å². The van der Waals surface area contributed by atoms with Crippen LogP contribution in [0.1, 0.15) is 54.9 Å². The summed E-state index contributed by atoms with van der Waals surface area (Å²) < 4.78 is 10.4. The molecule has 1 unspecified atom stereocenters. The molecule has 19 heavy (non-hydrogen) atoms. The zero-order chi connectivity index (χ0) is 15.3. The molecule has 0 aromatic heterocycles. The van der Waals surface area contributed by atoms with Gasteiger partial charge in [-0.2, -0.15) is 0 Å². The zero-order valence-electron chi connectivity index (χ0n) is 13.3. The summed E-state index contributed by atoms with van der Waals surface area (Å²) in [6.45, 7) is 13.5. The molecule has 0 saturated heterocycles. The number of hydrogen-bond acceptors (Lipinski definition) is 4. The summed E-state index contributed by atoms with van der Waals surface area (Å²) in [4.78, 5) is 25.0. The maximum absolute atomic E-state index is 12.5. The molecule has 0 N–H and O–H groups in total. The van der Waals surface area contributed by atoms with Crippen LogP contribution in [0.5, 0.6) is 0 Å². The van der Waals surface area contributed by atoms with Gasteiger partial charge in [0.1, 0.15) is 0 Å². The number of carbonyl (C=O) groups excluding carboxylic acids is 2. The van der Waals surface area contributed by atoms with Gasteiger partial charge in [0.05, 0.1) is 13.2 Å². The Labute approximate surface area is 116 Å². The van der Waals surface area contributed by atoms with Gasteiger partial charge in [-0.15, -0.1) is 0 Å². The standard InChI is InChI=1S/C15H28O4/c1-8-11(4)15(14(5,6)7,12(16)18-9-2)13(17)19-10-3/h11H,8-10H2,1-7H3. The highest BCUT2D eigenvalue weighted by Gasteiger charge is 2.60. The van der Waals surface area contributed by atoms with Crippen molar-refractivity contribution in [3.8, 4) is 0 Å². The van der Waals surface area contributed by atoms with Crippen LogP contribution in [0.3, 0.4) is 0 Å². The number of hydrogen-bond donors (Lipinski definition) is 0. The number of esters is 2. The first kappa shape index (κ1) is 17.9. The van der Waals surface area contributed by atoms with Crippen LogP contribution >= 0.6 is 0 Å². The smallest absolute Gasteiger partial charge is 0.324 e. The Morgan fingerprint density at radius 2 is 1.32 bits per heavy atom. The third kappa shape index (κ3) is 3.28. The second-order valence-electron chi connectivity index (χ2n) is 5.81. The van der Waals surface area contributed by atoms with Crippen molar-refractivity contribution in [3.63, 3.8) is 0 Å². The van der Waals surface area contributed by atoms with Gasteiger partial charge >= 0.3 is 11.9 Å². The van der Waals surface area contributed by atoms with E-state index in [0.29, 0.717) is 6.42 Å². The highest BCUT2D eigenvalue weighted by atomic mass is 16.6. The van der Waals surface area contributed by atoms with Crippen molar-refractivity contribution in [2.75, 3.05) is 13.2 Å². The molecule has 0 saturated carbocycles. The zero-order valence-corrected chi connectivity index (χ0v) is 13.3. The van der Waals surface area contributed by atoms with E-state index in [0.717, 1.165) is 0 Å². The van der Waals surface area contributed by atoms with Gasteiger partial charge in [0, 0.05) is 0 Å². The Morgan fingerprint density at radius 3 is 1.53 bits per heavy atom. The minimum absolute atomic E-state index is 0.148. The van der Waals surface area contributed by atoms with Gasteiger partial charge in [0.15, 0.2) is 5.41 Å². The normalized spacial score (nSPS) is 13.8. The number of rotatable bonds is 6. The molecule has 0 bridgehead atoms. The monoisotopic (exact) mass is 272 g/mol. The summed E-state index contributed by atoms with van der Waals surface area (Å²) in [6.07, 6.45) is 0.703. The van der Waals surface area contributed by atoms with Crippen LogP contribution in [-0.4, -0.2) is 25.2 Å². The second kappa shape index (κ2) is 6.92. The van der Waals surface area contributed by atoms with Gasteiger partial charge in [0.25, 0.3) is 0 Å². The molecule has 0 aliphatic rings. The summed E-state index contributed by atoms with van der Waals surface area (Å²) >= 11 is 0. The fraction of sp³-hybridized carbons (Fsp3) is 0.867. The fourth-order valence-corrected chi connectivity index (χ4v) is 2.63. The average molecular weight is 272 g/mol. The van der Waals surface area contributed by atoms with Gasteiger partial charge in [-0.25, -0.2) is 0 Å². The van der Waals surface area contributed by atoms with Crippen LogP contribution in [0.15, 0.2) is 0 Å². The summed E-state index contributed by atoms with van der Waals surface area (Å²) in [7, 11) is 0. The van der Waals surface area contributed by atoms with E-state index in [1.54, 1.807) is 13.8 Å². The van der Waals surface area contributed by atoms with Crippen LogP contribution in [0.25, 0.3) is 0 Å². The average Bonchev–Trinajstić information content (AvgIpc) is 2.28. The molecule has 0 amide bonds. The third-order valence-electron chi connectivity index (χ3n) is 3.73. The summed E-state index contributed by atoms with van der Waals surface area (Å²) in [5.74, 6) is -1.10. The lowest BCUT2D eigenvalue weighted by Crippen LogP contribution is -2.55. The number of carbonyl (C=O) groups is 2. The van der Waals surface area contributed by atoms with Crippen molar-refractivity contribution in [3.05, 3.63) is 0 Å². The lowest BCUT2D eigenvalue weighted by atomic mass is 9.59. The van der Waals surface area contributed by atoms with E-state index in [1.807, 2.05) is 34.6 Å². The summed E-state index contributed by atoms with van der Waals surface area (Å²) in [5.41, 5.74) is -1.82. The Balaban J connectivity index is 5.88. The Morgan fingerprint density at radius 1 is 0.947 bits per heavy atom. The predicted molar refractivity (Wildman–Crippen MR) is 74.6 cm³/mol. The minimum Gasteiger partial charge on any atom is -0.465 e. The molecule has 4 nitrogen and oxygen atoms in total. The van der Waals surface area contributed by atoms with Gasteiger partial charge in [0.2, 0.25) is 0 Å². The van der Waals surface area contributed by atoms with Crippen LogP contribution in [0, 0.1) is 16.7 Å².